The molecule has 1 aliphatic heterocycles. The Morgan fingerprint density at radius 1 is 1.39 bits per heavy atom. The lowest BCUT2D eigenvalue weighted by molar-refractivity contribution is -0.135. The molecule has 18 heavy (non-hydrogen) atoms. The number of aryl methyl sites for hydroxylation is 1. The minimum Gasteiger partial charge on any atom is -0.469 e. The Balaban J connectivity index is 2.21. The van der Waals surface area contributed by atoms with Gasteiger partial charge >= 0.3 is 5.97 Å². The van der Waals surface area contributed by atoms with Crippen molar-refractivity contribution in [1.29, 1.82) is 0 Å². The molecule has 1 atom stereocenters. The van der Waals surface area contributed by atoms with Crippen LogP contribution in [0.2, 0.25) is 0 Å². The van der Waals surface area contributed by atoms with Crippen LogP contribution in [0.4, 0.5) is 0 Å². The molecule has 0 fully saturated rings. The SMILES string of the molecule is Cc1cc2c(c(=O)[nH]1)[C@H](c1ccco1)CC(=O)O2. The van der Waals surface area contributed by atoms with Crippen molar-refractivity contribution < 1.29 is 13.9 Å². The van der Waals surface area contributed by atoms with Gasteiger partial charge in [0.1, 0.15) is 11.5 Å². The fraction of sp³-hybridized carbons (Fsp3) is 0.231. The quantitative estimate of drug-likeness (QED) is 0.776. The normalized spacial score (nSPS) is 18.3. The summed E-state index contributed by atoms with van der Waals surface area (Å²) in [7, 11) is 0. The smallest absolute Gasteiger partial charge is 0.312 e. The number of hydrogen-bond acceptors (Lipinski definition) is 4. The molecule has 0 amide bonds. The Morgan fingerprint density at radius 3 is 2.94 bits per heavy atom. The van der Waals surface area contributed by atoms with Crippen molar-refractivity contribution in [1.82, 2.24) is 4.98 Å². The highest BCUT2D eigenvalue weighted by Gasteiger charge is 2.32. The predicted molar refractivity (Wildman–Crippen MR) is 62.6 cm³/mol. The predicted octanol–water partition coefficient (Wildman–Crippen LogP) is 1.72. The Labute approximate surface area is 102 Å². The van der Waals surface area contributed by atoms with E-state index in [0.29, 0.717) is 22.8 Å². The molecule has 0 saturated carbocycles. The van der Waals surface area contributed by atoms with Gasteiger partial charge < -0.3 is 14.1 Å². The fourth-order valence-corrected chi connectivity index (χ4v) is 2.25. The molecule has 3 rings (SSSR count). The molecule has 0 spiro atoms. The number of esters is 1. The van der Waals surface area contributed by atoms with Gasteiger partial charge in [-0.1, -0.05) is 0 Å². The first-order chi connectivity index (χ1) is 8.65. The number of aromatic amines is 1. The highest BCUT2D eigenvalue weighted by Crippen LogP contribution is 2.36. The summed E-state index contributed by atoms with van der Waals surface area (Å²) in [6, 6.07) is 5.15. The molecule has 0 radical (unpaired) electrons. The number of pyridine rings is 1. The molecule has 0 unspecified atom stereocenters. The van der Waals surface area contributed by atoms with Gasteiger partial charge in [-0.3, -0.25) is 9.59 Å². The van der Waals surface area contributed by atoms with Crippen LogP contribution in [0.3, 0.4) is 0 Å². The number of carbonyl (C=O) groups is 1. The van der Waals surface area contributed by atoms with Gasteiger partial charge in [-0.15, -0.1) is 0 Å². The van der Waals surface area contributed by atoms with Crippen LogP contribution in [-0.4, -0.2) is 11.0 Å². The van der Waals surface area contributed by atoms with E-state index in [1.54, 1.807) is 25.1 Å². The molecular weight excluding hydrogens is 234 g/mol. The molecule has 2 aromatic rings. The third-order valence-corrected chi connectivity index (χ3v) is 3.00. The van der Waals surface area contributed by atoms with Crippen LogP contribution >= 0.6 is 0 Å². The average molecular weight is 245 g/mol. The number of aromatic nitrogens is 1. The maximum atomic E-state index is 12.0. The summed E-state index contributed by atoms with van der Waals surface area (Å²) in [5, 5.41) is 0. The van der Waals surface area contributed by atoms with Crippen LogP contribution < -0.4 is 10.3 Å². The zero-order valence-corrected chi connectivity index (χ0v) is 9.73. The molecule has 0 saturated heterocycles. The monoisotopic (exact) mass is 245 g/mol. The van der Waals surface area contributed by atoms with Gasteiger partial charge in [0.2, 0.25) is 0 Å². The van der Waals surface area contributed by atoms with Gasteiger partial charge in [0.25, 0.3) is 5.56 Å². The standard InChI is InChI=1S/C13H11NO4/c1-7-5-10-12(13(16)14-7)8(6-11(15)18-10)9-3-2-4-17-9/h2-5,8H,6H2,1H3,(H,14,16)/t8-/m0/s1. The molecule has 0 bridgehead atoms. The van der Waals surface area contributed by atoms with Crippen molar-refractivity contribution >= 4 is 5.97 Å². The van der Waals surface area contributed by atoms with E-state index in [2.05, 4.69) is 4.98 Å². The summed E-state index contributed by atoms with van der Waals surface area (Å²) >= 11 is 0. The van der Waals surface area contributed by atoms with Gasteiger partial charge in [0.15, 0.2) is 0 Å². The number of ether oxygens (including phenoxy) is 1. The van der Waals surface area contributed by atoms with Crippen LogP contribution in [0.25, 0.3) is 0 Å². The van der Waals surface area contributed by atoms with Gasteiger partial charge in [-0.2, -0.15) is 0 Å². The number of furan rings is 1. The minimum absolute atomic E-state index is 0.118. The van der Waals surface area contributed by atoms with Gasteiger partial charge in [0, 0.05) is 11.8 Å². The maximum absolute atomic E-state index is 12.0. The minimum atomic E-state index is -0.374. The highest BCUT2D eigenvalue weighted by atomic mass is 16.5. The Morgan fingerprint density at radius 2 is 2.22 bits per heavy atom. The number of nitrogens with one attached hydrogen (secondary N) is 1. The zero-order chi connectivity index (χ0) is 12.7. The molecule has 0 aromatic carbocycles. The van der Waals surface area contributed by atoms with E-state index in [1.807, 2.05) is 0 Å². The largest absolute Gasteiger partial charge is 0.469 e. The summed E-state index contributed by atoms with van der Waals surface area (Å²) in [6.45, 7) is 1.74. The van der Waals surface area contributed by atoms with E-state index in [1.165, 1.54) is 6.26 Å². The van der Waals surface area contributed by atoms with Crippen molar-refractivity contribution in [3.8, 4) is 5.75 Å². The number of fused-ring (bicyclic) bond motifs is 1. The summed E-state index contributed by atoms with van der Waals surface area (Å²) in [5.74, 6) is 0.200. The van der Waals surface area contributed by atoms with Crippen LogP contribution in [-0.2, 0) is 4.79 Å². The summed E-state index contributed by atoms with van der Waals surface area (Å²) < 4.78 is 10.4. The lowest BCUT2D eigenvalue weighted by Gasteiger charge is -2.22. The van der Waals surface area contributed by atoms with Gasteiger partial charge in [-0.25, -0.2) is 0 Å². The van der Waals surface area contributed by atoms with Crippen molar-refractivity contribution in [3.63, 3.8) is 0 Å². The first-order valence-electron chi connectivity index (χ1n) is 5.63. The van der Waals surface area contributed by atoms with Crippen LogP contribution in [0.1, 0.15) is 29.4 Å². The maximum Gasteiger partial charge on any atom is 0.312 e. The molecule has 3 heterocycles. The highest BCUT2D eigenvalue weighted by molar-refractivity contribution is 5.77. The lowest BCUT2D eigenvalue weighted by Crippen LogP contribution is -2.28. The van der Waals surface area contributed by atoms with Crippen molar-refractivity contribution in [2.45, 2.75) is 19.3 Å². The molecule has 5 heteroatoms. The second kappa shape index (κ2) is 3.87. The third-order valence-electron chi connectivity index (χ3n) is 3.00. The van der Waals surface area contributed by atoms with E-state index in [0.717, 1.165) is 0 Å². The number of rotatable bonds is 1. The van der Waals surface area contributed by atoms with E-state index in [-0.39, 0.29) is 23.9 Å². The number of H-pyrrole nitrogens is 1. The van der Waals surface area contributed by atoms with Crippen LogP contribution in [0.15, 0.2) is 33.7 Å². The van der Waals surface area contributed by atoms with E-state index in [4.69, 9.17) is 9.15 Å². The lowest BCUT2D eigenvalue weighted by atomic mass is 9.91. The van der Waals surface area contributed by atoms with Crippen molar-refractivity contribution in [2.75, 3.05) is 0 Å². The van der Waals surface area contributed by atoms with Crippen LogP contribution in [0.5, 0.6) is 5.75 Å². The van der Waals surface area contributed by atoms with Gasteiger partial charge in [0.05, 0.1) is 24.2 Å². The summed E-state index contributed by atoms with van der Waals surface area (Å²) in [4.78, 5) is 26.3. The molecule has 0 aliphatic carbocycles. The Hall–Kier alpha value is -2.30. The molecule has 92 valence electrons. The molecular formula is C13H11NO4. The summed E-state index contributed by atoms with van der Waals surface area (Å²) in [6.07, 6.45) is 1.64. The molecule has 2 aromatic heterocycles. The summed E-state index contributed by atoms with van der Waals surface area (Å²) in [5.41, 5.74) is 0.876. The van der Waals surface area contributed by atoms with Crippen LogP contribution in [0, 0.1) is 6.92 Å². The second-order valence-corrected chi connectivity index (χ2v) is 4.31. The van der Waals surface area contributed by atoms with E-state index < -0.39 is 0 Å². The zero-order valence-electron chi connectivity index (χ0n) is 9.73. The van der Waals surface area contributed by atoms with Crippen molar-refractivity contribution in [3.05, 3.63) is 51.8 Å². The van der Waals surface area contributed by atoms with Crippen molar-refractivity contribution in [2.24, 2.45) is 0 Å². The average Bonchev–Trinajstić information content (AvgIpc) is 2.79. The first kappa shape index (κ1) is 10.8. The van der Waals surface area contributed by atoms with E-state index >= 15 is 0 Å². The first-order valence-corrected chi connectivity index (χ1v) is 5.63. The third kappa shape index (κ3) is 1.64. The number of carbonyl (C=O) groups excluding carboxylic acids is 1. The van der Waals surface area contributed by atoms with E-state index in [9.17, 15) is 9.59 Å². The molecule has 5 nitrogen and oxygen atoms in total. The molecule has 1 N–H and O–H groups in total. The fourth-order valence-electron chi connectivity index (χ4n) is 2.25. The number of hydrogen-bond donors (Lipinski definition) is 1. The topological polar surface area (TPSA) is 72.3 Å². The molecule has 1 aliphatic rings. The van der Waals surface area contributed by atoms with Gasteiger partial charge in [-0.05, 0) is 19.1 Å². The Bertz CT molecular complexity index is 654. The Kier molecular flexibility index (Phi) is 2.33. The second-order valence-electron chi connectivity index (χ2n) is 4.31.